The normalized spacial score (nSPS) is 18.3. The molecule has 2 fully saturated rings. The Kier molecular flexibility index (Phi) is 9.28. The van der Waals surface area contributed by atoms with Gasteiger partial charge in [0.05, 0.1) is 24.3 Å². The molecule has 2 saturated heterocycles. The highest BCUT2D eigenvalue weighted by Gasteiger charge is 2.25. The molecule has 2 amide bonds. The Balaban J connectivity index is 1.05. The van der Waals surface area contributed by atoms with Crippen LogP contribution in [0.2, 0.25) is 0 Å². The predicted molar refractivity (Wildman–Crippen MR) is 151 cm³/mol. The van der Waals surface area contributed by atoms with Gasteiger partial charge in [0.1, 0.15) is 6.61 Å². The molecule has 2 aliphatic heterocycles. The first kappa shape index (κ1) is 27.6. The van der Waals surface area contributed by atoms with Crippen LogP contribution in [0.4, 0.5) is 10.5 Å². The Labute approximate surface area is 235 Å². The fraction of sp³-hybridized carbons (Fsp3) is 0.467. The SMILES string of the molecule is CCC1CCCCN1Cc1ccc(C(=O)Nc2ccc(OC(=O)N3CCC(COn4cccn4)CC3)nc2)cc1. The van der Waals surface area contributed by atoms with Crippen LogP contribution in [0, 0.1) is 5.92 Å². The van der Waals surface area contributed by atoms with Gasteiger partial charge in [-0.25, -0.2) is 9.78 Å². The van der Waals surface area contributed by atoms with E-state index in [1.807, 2.05) is 30.3 Å². The lowest BCUT2D eigenvalue weighted by Crippen LogP contribution is -2.41. The zero-order valence-corrected chi connectivity index (χ0v) is 23.1. The Bertz CT molecular complexity index is 1220. The van der Waals surface area contributed by atoms with Gasteiger partial charge in [-0.3, -0.25) is 9.69 Å². The molecule has 1 atom stereocenters. The average molecular weight is 547 g/mol. The van der Waals surface area contributed by atoms with Crippen molar-refractivity contribution in [3.05, 3.63) is 72.2 Å². The number of nitrogens with one attached hydrogen (secondary N) is 1. The second-order valence-electron chi connectivity index (χ2n) is 10.6. The highest BCUT2D eigenvalue weighted by Crippen LogP contribution is 2.22. The van der Waals surface area contributed by atoms with Crippen molar-refractivity contribution in [3.63, 3.8) is 0 Å². The summed E-state index contributed by atoms with van der Waals surface area (Å²) in [5, 5.41) is 6.90. The van der Waals surface area contributed by atoms with E-state index in [1.54, 1.807) is 29.4 Å². The molecule has 1 unspecified atom stereocenters. The van der Waals surface area contributed by atoms with Gasteiger partial charge in [0, 0.05) is 37.3 Å². The molecule has 10 heteroatoms. The topological polar surface area (TPSA) is 102 Å². The van der Waals surface area contributed by atoms with E-state index in [1.165, 1.54) is 42.3 Å². The quantitative estimate of drug-likeness (QED) is 0.417. The summed E-state index contributed by atoms with van der Waals surface area (Å²) in [6.45, 7) is 6.06. The van der Waals surface area contributed by atoms with Crippen LogP contribution in [0.15, 0.2) is 61.1 Å². The number of hydrogen-bond donors (Lipinski definition) is 1. The van der Waals surface area contributed by atoms with E-state index < -0.39 is 6.09 Å². The number of ether oxygens (including phenoxy) is 1. The molecule has 2 aliphatic rings. The van der Waals surface area contributed by atoms with Gasteiger partial charge in [-0.2, -0.15) is 0 Å². The van der Waals surface area contributed by atoms with Crippen molar-refractivity contribution in [1.82, 2.24) is 24.7 Å². The summed E-state index contributed by atoms with van der Waals surface area (Å²) in [5.41, 5.74) is 2.34. The smallest absolute Gasteiger partial charge is 0.396 e. The van der Waals surface area contributed by atoms with Crippen LogP contribution in [0.3, 0.4) is 0 Å². The van der Waals surface area contributed by atoms with Crippen LogP contribution in [0.25, 0.3) is 0 Å². The Morgan fingerprint density at radius 2 is 1.85 bits per heavy atom. The fourth-order valence-electron chi connectivity index (χ4n) is 5.39. The standard InChI is InChI=1S/C30H38N6O4/c1-2-27-6-3-4-16-35(27)21-23-7-9-25(10-8-23)29(37)33-26-11-12-28(31-20-26)40-30(38)34-18-13-24(14-19-34)22-39-36-17-5-15-32-36/h5,7-12,15,17,20,24,27H,2-4,6,13-14,16,18-19,21-22H2,1H3,(H,33,37). The van der Waals surface area contributed by atoms with Crippen LogP contribution in [-0.2, 0) is 6.54 Å². The lowest BCUT2D eigenvalue weighted by Gasteiger charge is -2.35. The summed E-state index contributed by atoms with van der Waals surface area (Å²) in [6, 6.07) is 13.5. The molecule has 5 rings (SSSR count). The van der Waals surface area contributed by atoms with E-state index in [0.29, 0.717) is 42.9 Å². The van der Waals surface area contributed by atoms with E-state index >= 15 is 0 Å². The maximum atomic E-state index is 12.8. The lowest BCUT2D eigenvalue weighted by molar-refractivity contribution is 0.0365. The summed E-state index contributed by atoms with van der Waals surface area (Å²) in [7, 11) is 0. The molecule has 0 aliphatic carbocycles. The maximum absolute atomic E-state index is 12.8. The number of pyridine rings is 1. The molecule has 0 spiro atoms. The van der Waals surface area contributed by atoms with E-state index in [0.717, 1.165) is 25.9 Å². The molecule has 2 aromatic heterocycles. The van der Waals surface area contributed by atoms with Crippen LogP contribution in [0.5, 0.6) is 5.88 Å². The van der Waals surface area contributed by atoms with E-state index in [2.05, 4.69) is 27.2 Å². The molecule has 1 aromatic carbocycles. The van der Waals surface area contributed by atoms with Crippen molar-refractivity contribution >= 4 is 17.7 Å². The first-order chi connectivity index (χ1) is 19.6. The van der Waals surface area contributed by atoms with Gasteiger partial charge in [-0.1, -0.05) is 25.5 Å². The summed E-state index contributed by atoms with van der Waals surface area (Å²) < 4.78 is 5.46. The summed E-state index contributed by atoms with van der Waals surface area (Å²) in [4.78, 5) is 40.9. The Morgan fingerprint density at radius 1 is 1.02 bits per heavy atom. The monoisotopic (exact) mass is 546 g/mol. The van der Waals surface area contributed by atoms with Gasteiger partial charge in [0.15, 0.2) is 0 Å². The molecule has 3 aromatic rings. The molecule has 212 valence electrons. The first-order valence-corrected chi connectivity index (χ1v) is 14.3. The third-order valence-electron chi connectivity index (χ3n) is 7.80. The molecule has 1 N–H and O–H groups in total. The van der Waals surface area contributed by atoms with E-state index in [9.17, 15) is 9.59 Å². The molecule has 40 heavy (non-hydrogen) atoms. The van der Waals surface area contributed by atoms with Gasteiger partial charge in [0.2, 0.25) is 5.88 Å². The van der Waals surface area contributed by atoms with Crippen molar-refractivity contribution in [2.24, 2.45) is 5.92 Å². The van der Waals surface area contributed by atoms with Gasteiger partial charge in [0.25, 0.3) is 5.91 Å². The minimum atomic E-state index is -0.425. The number of carbonyl (C=O) groups is 2. The highest BCUT2D eigenvalue weighted by atomic mass is 16.7. The number of rotatable bonds is 9. The van der Waals surface area contributed by atoms with Gasteiger partial charge >= 0.3 is 6.09 Å². The zero-order valence-electron chi connectivity index (χ0n) is 23.1. The second kappa shape index (κ2) is 13.4. The number of carbonyl (C=O) groups excluding carboxylic acids is 2. The largest absolute Gasteiger partial charge is 0.416 e. The van der Waals surface area contributed by atoms with Crippen LogP contribution in [-0.4, -0.2) is 69.0 Å². The van der Waals surface area contributed by atoms with Crippen molar-refractivity contribution in [2.75, 3.05) is 31.6 Å². The number of benzene rings is 1. The van der Waals surface area contributed by atoms with Gasteiger partial charge < -0.3 is 19.8 Å². The zero-order chi connectivity index (χ0) is 27.7. The van der Waals surface area contributed by atoms with E-state index in [-0.39, 0.29) is 11.8 Å². The van der Waals surface area contributed by atoms with Crippen molar-refractivity contribution in [3.8, 4) is 5.88 Å². The van der Waals surface area contributed by atoms with E-state index in [4.69, 9.17) is 9.57 Å². The molecule has 0 saturated carbocycles. The second-order valence-corrected chi connectivity index (χ2v) is 10.6. The summed E-state index contributed by atoms with van der Waals surface area (Å²) in [6.07, 6.45) is 11.2. The number of aromatic nitrogens is 3. The molecular weight excluding hydrogens is 508 g/mol. The molecular formula is C30H38N6O4. The summed E-state index contributed by atoms with van der Waals surface area (Å²) >= 11 is 0. The Hall–Kier alpha value is -3.92. The maximum Gasteiger partial charge on any atom is 0.416 e. The molecule has 4 heterocycles. The number of anilines is 1. The number of piperidine rings is 2. The average Bonchev–Trinajstić information content (AvgIpc) is 3.52. The van der Waals surface area contributed by atoms with Gasteiger partial charge in [-0.15, -0.1) is 9.94 Å². The van der Waals surface area contributed by atoms with Crippen molar-refractivity contribution in [1.29, 1.82) is 0 Å². The van der Waals surface area contributed by atoms with Crippen molar-refractivity contribution < 1.29 is 19.2 Å². The number of amides is 2. The Morgan fingerprint density at radius 3 is 2.55 bits per heavy atom. The number of likely N-dealkylation sites (tertiary alicyclic amines) is 2. The first-order valence-electron chi connectivity index (χ1n) is 14.3. The predicted octanol–water partition coefficient (Wildman–Crippen LogP) is 4.63. The highest BCUT2D eigenvalue weighted by molar-refractivity contribution is 6.04. The summed E-state index contributed by atoms with van der Waals surface area (Å²) in [5.74, 6) is 0.343. The van der Waals surface area contributed by atoms with Gasteiger partial charge in [-0.05, 0) is 74.4 Å². The third-order valence-corrected chi connectivity index (χ3v) is 7.80. The lowest BCUT2D eigenvalue weighted by atomic mass is 9.98. The minimum Gasteiger partial charge on any atom is -0.396 e. The van der Waals surface area contributed by atoms with Crippen LogP contribution < -0.4 is 14.9 Å². The molecule has 0 radical (unpaired) electrons. The molecule has 0 bridgehead atoms. The molecule has 10 nitrogen and oxygen atoms in total. The third kappa shape index (κ3) is 7.38. The van der Waals surface area contributed by atoms with Crippen molar-refractivity contribution in [2.45, 2.75) is 58.0 Å². The van der Waals surface area contributed by atoms with Crippen LogP contribution in [0.1, 0.15) is 61.4 Å². The minimum absolute atomic E-state index is 0.194. The number of hydrogen-bond acceptors (Lipinski definition) is 7. The number of nitrogens with zero attached hydrogens (tertiary/aromatic N) is 5. The van der Waals surface area contributed by atoms with Crippen LogP contribution >= 0.6 is 0 Å². The fourth-order valence-corrected chi connectivity index (χ4v) is 5.39.